The largest absolute Gasteiger partial charge is 0.336 e. The van der Waals surface area contributed by atoms with Crippen LogP contribution in [-0.4, -0.2) is 24.5 Å². The van der Waals surface area contributed by atoms with E-state index in [1.54, 1.807) is 6.07 Å². The molecule has 0 radical (unpaired) electrons. The van der Waals surface area contributed by atoms with E-state index in [4.69, 9.17) is 23.2 Å². The molecular formula is C12H11Cl2N5S. The number of fused-ring (bicyclic) bond motifs is 1. The number of nitrogens with one attached hydrogen (secondary N) is 1. The Kier molecular flexibility index (Phi) is 3.19. The van der Waals surface area contributed by atoms with Crippen LogP contribution in [0, 0.1) is 0 Å². The van der Waals surface area contributed by atoms with Gasteiger partial charge in [-0.15, -0.1) is 5.10 Å². The van der Waals surface area contributed by atoms with Crippen molar-refractivity contribution in [2.24, 2.45) is 0 Å². The molecule has 0 spiro atoms. The average Bonchev–Trinajstić information content (AvgIpc) is 2.94. The van der Waals surface area contributed by atoms with Gasteiger partial charge >= 0.3 is 0 Å². The molecule has 8 heteroatoms. The Hall–Kier alpha value is -1.24. The molecule has 20 heavy (non-hydrogen) atoms. The summed E-state index contributed by atoms with van der Waals surface area (Å²) in [7, 11) is 0. The molecule has 0 aromatic carbocycles. The first-order chi connectivity index (χ1) is 9.36. The molecule has 1 N–H and O–H groups in total. The van der Waals surface area contributed by atoms with Crippen molar-refractivity contribution >= 4 is 45.9 Å². The van der Waals surface area contributed by atoms with Gasteiger partial charge < -0.3 is 4.98 Å². The highest BCUT2D eigenvalue weighted by atomic mass is 35.5. The Morgan fingerprint density at radius 3 is 2.65 bits per heavy atom. The maximum atomic E-state index is 5.96. The first-order valence-electron chi connectivity index (χ1n) is 5.91. The predicted molar refractivity (Wildman–Crippen MR) is 81.5 cm³/mol. The van der Waals surface area contributed by atoms with Crippen molar-refractivity contribution in [3.8, 4) is 10.7 Å². The lowest BCUT2D eigenvalue weighted by Crippen LogP contribution is -2.13. The van der Waals surface area contributed by atoms with Gasteiger partial charge in [0.1, 0.15) is 10.0 Å². The summed E-state index contributed by atoms with van der Waals surface area (Å²) in [6.07, 6.45) is 0. The summed E-state index contributed by atoms with van der Waals surface area (Å²) >= 11 is 13.2. The molecule has 104 valence electrons. The summed E-state index contributed by atoms with van der Waals surface area (Å²) in [6.45, 7) is 6.26. The molecule has 0 fully saturated rings. The summed E-state index contributed by atoms with van der Waals surface area (Å²) in [5, 5.41) is 4.85. The van der Waals surface area contributed by atoms with E-state index in [1.165, 1.54) is 11.5 Å². The molecule has 0 aliphatic heterocycles. The highest BCUT2D eigenvalue weighted by Crippen LogP contribution is 2.33. The van der Waals surface area contributed by atoms with Crippen molar-refractivity contribution in [1.29, 1.82) is 0 Å². The zero-order valence-electron chi connectivity index (χ0n) is 11.0. The molecule has 3 heterocycles. The quantitative estimate of drug-likeness (QED) is 0.684. The molecule has 0 atom stereocenters. The van der Waals surface area contributed by atoms with Gasteiger partial charge in [0, 0.05) is 5.41 Å². The van der Waals surface area contributed by atoms with Gasteiger partial charge in [-0.1, -0.05) is 48.5 Å². The third kappa shape index (κ3) is 2.28. The van der Waals surface area contributed by atoms with Crippen LogP contribution in [0.2, 0.25) is 10.2 Å². The van der Waals surface area contributed by atoms with Gasteiger partial charge in [0.25, 0.3) is 0 Å². The standard InChI is InChI=1S/C12H11Cl2N5S/c1-12(2,3)8-7(20-19-18-8)11-15-6-4-5(13)9(14)16-10(6)17-11/h4H,1-3H3,(H,15,16,17). The van der Waals surface area contributed by atoms with E-state index in [0.29, 0.717) is 16.5 Å². The molecule has 0 aliphatic carbocycles. The van der Waals surface area contributed by atoms with Crippen molar-refractivity contribution in [3.63, 3.8) is 0 Å². The minimum atomic E-state index is -0.107. The van der Waals surface area contributed by atoms with Gasteiger partial charge in [0.05, 0.1) is 16.2 Å². The van der Waals surface area contributed by atoms with Crippen LogP contribution in [0.1, 0.15) is 26.5 Å². The second-order valence-electron chi connectivity index (χ2n) is 5.42. The molecule has 3 aromatic rings. The zero-order chi connectivity index (χ0) is 14.5. The van der Waals surface area contributed by atoms with E-state index in [1.807, 2.05) is 0 Å². The van der Waals surface area contributed by atoms with Crippen LogP contribution in [0.15, 0.2) is 6.07 Å². The van der Waals surface area contributed by atoms with E-state index in [0.717, 1.165) is 16.1 Å². The van der Waals surface area contributed by atoms with E-state index in [2.05, 4.69) is 45.3 Å². The molecular weight excluding hydrogens is 317 g/mol. The summed E-state index contributed by atoms with van der Waals surface area (Å²) < 4.78 is 4.03. The Labute approximate surface area is 129 Å². The number of hydrogen-bond acceptors (Lipinski definition) is 5. The number of aromatic nitrogens is 5. The fraction of sp³-hybridized carbons (Fsp3) is 0.333. The molecule has 0 bridgehead atoms. The maximum absolute atomic E-state index is 5.96. The molecule has 0 unspecified atom stereocenters. The number of hydrogen-bond donors (Lipinski definition) is 1. The number of H-pyrrole nitrogens is 1. The van der Waals surface area contributed by atoms with E-state index in [-0.39, 0.29) is 10.6 Å². The Morgan fingerprint density at radius 1 is 1.20 bits per heavy atom. The van der Waals surface area contributed by atoms with Crippen LogP contribution in [0.25, 0.3) is 21.9 Å². The molecule has 0 aliphatic rings. The van der Waals surface area contributed by atoms with E-state index < -0.39 is 0 Å². The second kappa shape index (κ2) is 4.65. The maximum Gasteiger partial charge on any atom is 0.179 e. The smallest absolute Gasteiger partial charge is 0.179 e. The highest BCUT2D eigenvalue weighted by Gasteiger charge is 2.25. The van der Waals surface area contributed by atoms with Gasteiger partial charge in [0.2, 0.25) is 0 Å². The predicted octanol–water partition coefficient (Wildman–Crippen LogP) is 4.08. The molecule has 5 nitrogen and oxygen atoms in total. The normalized spacial score (nSPS) is 12.2. The van der Waals surface area contributed by atoms with Gasteiger partial charge in [0.15, 0.2) is 11.5 Å². The lowest BCUT2D eigenvalue weighted by molar-refractivity contribution is 0.568. The van der Waals surface area contributed by atoms with Crippen molar-refractivity contribution < 1.29 is 0 Å². The summed E-state index contributed by atoms with van der Waals surface area (Å²) in [6, 6.07) is 1.72. The van der Waals surface area contributed by atoms with Gasteiger partial charge in [-0.2, -0.15) is 0 Å². The van der Waals surface area contributed by atoms with Crippen LogP contribution >= 0.6 is 34.7 Å². The number of nitrogens with zero attached hydrogens (tertiary/aromatic N) is 4. The molecule has 3 rings (SSSR count). The minimum Gasteiger partial charge on any atom is -0.336 e. The third-order valence-corrected chi connectivity index (χ3v) is 4.20. The Morgan fingerprint density at radius 2 is 1.95 bits per heavy atom. The van der Waals surface area contributed by atoms with Gasteiger partial charge in [-0.05, 0) is 17.6 Å². The van der Waals surface area contributed by atoms with Gasteiger partial charge in [-0.3, -0.25) is 0 Å². The molecule has 0 amide bonds. The third-order valence-electron chi connectivity index (χ3n) is 2.80. The van der Waals surface area contributed by atoms with Crippen molar-refractivity contribution in [3.05, 3.63) is 21.9 Å². The van der Waals surface area contributed by atoms with Crippen LogP contribution in [0.5, 0.6) is 0 Å². The van der Waals surface area contributed by atoms with E-state index >= 15 is 0 Å². The summed E-state index contributed by atoms with van der Waals surface area (Å²) in [5.41, 5.74) is 2.06. The van der Waals surface area contributed by atoms with Crippen LogP contribution in [0.4, 0.5) is 0 Å². The van der Waals surface area contributed by atoms with Crippen LogP contribution < -0.4 is 0 Å². The first kappa shape index (κ1) is 13.7. The Balaban J connectivity index is 2.19. The number of aromatic amines is 1. The fourth-order valence-electron chi connectivity index (χ4n) is 1.84. The lowest BCUT2D eigenvalue weighted by atomic mass is 9.91. The van der Waals surface area contributed by atoms with Crippen LogP contribution in [-0.2, 0) is 5.41 Å². The lowest BCUT2D eigenvalue weighted by Gasteiger charge is -2.15. The molecule has 3 aromatic heterocycles. The number of halogens is 2. The molecule has 0 saturated heterocycles. The number of rotatable bonds is 1. The number of pyridine rings is 1. The fourth-order valence-corrected chi connectivity index (χ4v) is 2.95. The van der Waals surface area contributed by atoms with Crippen molar-refractivity contribution in [2.45, 2.75) is 26.2 Å². The highest BCUT2D eigenvalue weighted by molar-refractivity contribution is 7.09. The van der Waals surface area contributed by atoms with Gasteiger partial charge in [-0.25, -0.2) is 9.97 Å². The summed E-state index contributed by atoms with van der Waals surface area (Å²) in [4.78, 5) is 12.7. The van der Waals surface area contributed by atoms with Crippen LogP contribution in [0.3, 0.4) is 0 Å². The monoisotopic (exact) mass is 327 g/mol. The van der Waals surface area contributed by atoms with Crippen molar-refractivity contribution in [1.82, 2.24) is 24.5 Å². The van der Waals surface area contributed by atoms with Crippen molar-refractivity contribution in [2.75, 3.05) is 0 Å². The minimum absolute atomic E-state index is 0.107. The Bertz CT molecular complexity index is 748. The van der Waals surface area contributed by atoms with E-state index in [9.17, 15) is 0 Å². The summed E-state index contributed by atoms with van der Waals surface area (Å²) in [5.74, 6) is 0.686. The SMILES string of the molecule is CC(C)(C)c1nnsc1-c1nc2nc(Cl)c(Cl)cc2[nH]1. The topological polar surface area (TPSA) is 67.3 Å². The first-order valence-corrected chi connectivity index (χ1v) is 7.44. The zero-order valence-corrected chi connectivity index (χ0v) is 13.4. The second-order valence-corrected chi connectivity index (χ2v) is 6.94. The number of imidazole rings is 1. The average molecular weight is 328 g/mol. The molecule has 0 saturated carbocycles.